The van der Waals surface area contributed by atoms with Gasteiger partial charge in [-0.2, -0.15) is 0 Å². The van der Waals surface area contributed by atoms with Gasteiger partial charge in [-0.05, 0) is 24.6 Å². The lowest BCUT2D eigenvalue weighted by Crippen LogP contribution is -2.17. The van der Waals surface area contributed by atoms with Gasteiger partial charge in [0.05, 0.1) is 13.0 Å². The summed E-state index contributed by atoms with van der Waals surface area (Å²) in [6.45, 7) is 2.15. The highest BCUT2D eigenvalue weighted by atomic mass is 16.5. The summed E-state index contributed by atoms with van der Waals surface area (Å²) in [5.41, 5.74) is 1.61. The summed E-state index contributed by atoms with van der Waals surface area (Å²) >= 11 is 0. The van der Waals surface area contributed by atoms with E-state index in [1.807, 2.05) is 0 Å². The van der Waals surface area contributed by atoms with Crippen molar-refractivity contribution in [2.24, 2.45) is 0 Å². The number of carbonyl (C=O) groups excluding carboxylic acids is 2. The molecule has 0 saturated carbocycles. The van der Waals surface area contributed by atoms with E-state index >= 15 is 0 Å². The first-order chi connectivity index (χ1) is 9.65. The van der Waals surface area contributed by atoms with Crippen molar-refractivity contribution in [3.05, 3.63) is 29.8 Å². The zero-order chi connectivity index (χ0) is 14.8. The van der Waals surface area contributed by atoms with Gasteiger partial charge in [0.1, 0.15) is 6.54 Å². The van der Waals surface area contributed by atoms with Crippen LogP contribution in [0.25, 0.3) is 0 Å². The van der Waals surface area contributed by atoms with Crippen LogP contribution in [0.1, 0.15) is 12.5 Å². The van der Waals surface area contributed by atoms with Gasteiger partial charge < -0.3 is 14.8 Å². The highest BCUT2D eigenvalue weighted by molar-refractivity contribution is 5.75. The van der Waals surface area contributed by atoms with Crippen molar-refractivity contribution >= 4 is 17.6 Å². The van der Waals surface area contributed by atoms with Crippen molar-refractivity contribution in [1.29, 1.82) is 0 Å². The standard InChI is InChI=1S/C15H17NO4/c1-3-9-20-15(18)11-16-13-7-5-12(6-8-13)10-14(17)19-4-2/h1,5-8,16H,4,9-11H2,2H3. The number of ether oxygens (including phenoxy) is 2. The van der Waals surface area contributed by atoms with Gasteiger partial charge in [-0.3, -0.25) is 9.59 Å². The summed E-state index contributed by atoms with van der Waals surface area (Å²) in [6.07, 6.45) is 5.21. The zero-order valence-electron chi connectivity index (χ0n) is 11.3. The Morgan fingerprint density at radius 1 is 1.20 bits per heavy atom. The van der Waals surface area contributed by atoms with E-state index in [9.17, 15) is 9.59 Å². The summed E-state index contributed by atoms with van der Waals surface area (Å²) in [5.74, 6) is 1.54. The van der Waals surface area contributed by atoms with Gasteiger partial charge in [-0.15, -0.1) is 6.42 Å². The molecule has 0 aromatic heterocycles. The van der Waals surface area contributed by atoms with Crippen LogP contribution in [-0.4, -0.2) is 31.7 Å². The molecule has 1 N–H and O–H groups in total. The Balaban J connectivity index is 2.41. The smallest absolute Gasteiger partial charge is 0.326 e. The molecule has 20 heavy (non-hydrogen) atoms. The molecule has 0 atom stereocenters. The maximum Gasteiger partial charge on any atom is 0.326 e. The Bertz CT molecular complexity index is 488. The minimum atomic E-state index is -0.418. The predicted molar refractivity (Wildman–Crippen MR) is 75.1 cm³/mol. The first-order valence-electron chi connectivity index (χ1n) is 6.23. The maximum absolute atomic E-state index is 11.3. The molecule has 0 fully saturated rings. The fraction of sp³-hybridized carbons (Fsp3) is 0.333. The number of benzene rings is 1. The minimum Gasteiger partial charge on any atom is -0.466 e. The van der Waals surface area contributed by atoms with Crippen molar-refractivity contribution < 1.29 is 19.1 Å². The van der Waals surface area contributed by atoms with Crippen LogP contribution >= 0.6 is 0 Å². The second-order valence-electron chi connectivity index (χ2n) is 3.90. The fourth-order valence-electron chi connectivity index (χ4n) is 1.47. The van der Waals surface area contributed by atoms with Crippen molar-refractivity contribution in [2.75, 3.05) is 25.1 Å². The van der Waals surface area contributed by atoms with Gasteiger partial charge in [-0.1, -0.05) is 18.1 Å². The Morgan fingerprint density at radius 2 is 1.90 bits per heavy atom. The second-order valence-corrected chi connectivity index (χ2v) is 3.90. The molecule has 0 unspecified atom stereocenters. The van der Waals surface area contributed by atoms with Crippen LogP contribution in [0.4, 0.5) is 5.69 Å². The molecule has 106 valence electrons. The number of rotatable bonds is 7. The number of nitrogens with one attached hydrogen (secondary N) is 1. The monoisotopic (exact) mass is 275 g/mol. The molecule has 0 amide bonds. The molecule has 0 spiro atoms. The van der Waals surface area contributed by atoms with E-state index in [-0.39, 0.29) is 25.5 Å². The third kappa shape index (κ3) is 5.91. The van der Waals surface area contributed by atoms with E-state index < -0.39 is 5.97 Å². The molecule has 0 bridgehead atoms. The molecule has 0 aliphatic carbocycles. The average molecular weight is 275 g/mol. The summed E-state index contributed by atoms with van der Waals surface area (Å²) in [7, 11) is 0. The van der Waals surface area contributed by atoms with Crippen LogP contribution in [0, 0.1) is 12.3 Å². The highest BCUT2D eigenvalue weighted by Gasteiger charge is 2.05. The van der Waals surface area contributed by atoms with E-state index in [0.29, 0.717) is 6.61 Å². The van der Waals surface area contributed by atoms with Crippen molar-refractivity contribution in [3.63, 3.8) is 0 Å². The lowest BCUT2D eigenvalue weighted by molar-refractivity contribution is -0.142. The Kier molecular flexibility index (Phi) is 6.69. The molecular weight excluding hydrogens is 258 g/mol. The largest absolute Gasteiger partial charge is 0.466 e. The number of esters is 2. The van der Waals surface area contributed by atoms with Crippen LogP contribution < -0.4 is 5.32 Å². The topological polar surface area (TPSA) is 64.6 Å². The fourth-order valence-corrected chi connectivity index (χ4v) is 1.47. The Labute approximate surface area is 118 Å². The van der Waals surface area contributed by atoms with E-state index in [1.165, 1.54) is 0 Å². The third-order valence-corrected chi connectivity index (χ3v) is 2.36. The molecule has 0 aliphatic heterocycles. The Hall–Kier alpha value is -2.48. The number of anilines is 1. The number of terminal acetylenes is 1. The second kappa shape index (κ2) is 8.59. The van der Waals surface area contributed by atoms with Crippen LogP contribution in [0.15, 0.2) is 24.3 Å². The van der Waals surface area contributed by atoms with E-state index in [1.54, 1.807) is 31.2 Å². The highest BCUT2D eigenvalue weighted by Crippen LogP contribution is 2.10. The zero-order valence-corrected chi connectivity index (χ0v) is 11.3. The Morgan fingerprint density at radius 3 is 2.50 bits per heavy atom. The third-order valence-electron chi connectivity index (χ3n) is 2.36. The van der Waals surface area contributed by atoms with Crippen molar-refractivity contribution in [3.8, 4) is 12.3 Å². The average Bonchev–Trinajstić information content (AvgIpc) is 2.44. The molecule has 1 aromatic rings. The SMILES string of the molecule is C#CCOC(=O)CNc1ccc(CC(=O)OCC)cc1. The van der Waals surface area contributed by atoms with Gasteiger partial charge in [0.25, 0.3) is 0 Å². The van der Waals surface area contributed by atoms with E-state index in [4.69, 9.17) is 15.9 Å². The summed E-state index contributed by atoms with van der Waals surface area (Å²) in [6, 6.07) is 7.16. The number of hydrogen-bond donors (Lipinski definition) is 1. The lowest BCUT2D eigenvalue weighted by atomic mass is 10.1. The molecule has 5 heteroatoms. The maximum atomic E-state index is 11.3. The summed E-state index contributed by atoms with van der Waals surface area (Å²) < 4.78 is 9.58. The lowest BCUT2D eigenvalue weighted by Gasteiger charge is -2.07. The first kappa shape index (κ1) is 15.6. The normalized spacial score (nSPS) is 9.40. The first-order valence-corrected chi connectivity index (χ1v) is 6.23. The van der Waals surface area contributed by atoms with Gasteiger partial charge >= 0.3 is 11.9 Å². The number of hydrogen-bond acceptors (Lipinski definition) is 5. The van der Waals surface area contributed by atoms with Crippen LogP contribution in [0.2, 0.25) is 0 Å². The van der Waals surface area contributed by atoms with Gasteiger partial charge in [0.2, 0.25) is 0 Å². The minimum absolute atomic E-state index is 0.0288. The van der Waals surface area contributed by atoms with Gasteiger partial charge in [-0.25, -0.2) is 0 Å². The van der Waals surface area contributed by atoms with Crippen LogP contribution in [0.5, 0.6) is 0 Å². The molecule has 1 aromatic carbocycles. The van der Waals surface area contributed by atoms with Gasteiger partial charge in [0, 0.05) is 5.69 Å². The quantitative estimate of drug-likeness (QED) is 0.601. The van der Waals surface area contributed by atoms with E-state index in [2.05, 4.69) is 11.2 Å². The van der Waals surface area contributed by atoms with Crippen LogP contribution in [-0.2, 0) is 25.5 Å². The molecular formula is C15H17NO4. The van der Waals surface area contributed by atoms with E-state index in [0.717, 1.165) is 11.3 Å². The summed E-state index contributed by atoms with van der Waals surface area (Å²) in [4.78, 5) is 22.5. The molecule has 0 radical (unpaired) electrons. The van der Waals surface area contributed by atoms with Crippen molar-refractivity contribution in [2.45, 2.75) is 13.3 Å². The molecule has 0 heterocycles. The van der Waals surface area contributed by atoms with Crippen molar-refractivity contribution in [1.82, 2.24) is 0 Å². The molecule has 1 rings (SSSR count). The predicted octanol–water partition coefficient (Wildman–Crippen LogP) is 1.38. The van der Waals surface area contributed by atoms with Gasteiger partial charge in [0.15, 0.2) is 6.61 Å². The molecule has 0 saturated heterocycles. The molecule has 5 nitrogen and oxygen atoms in total. The van der Waals surface area contributed by atoms with Crippen LogP contribution in [0.3, 0.4) is 0 Å². The summed E-state index contributed by atoms with van der Waals surface area (Å²) in [5, 5.41) is 2.90. The molecule has 0 aliphatic rings. The number of carbonyl (C=O) groups is 2.